The summed E-state index contributed by atoms with van der Waals surface area (Å²) in [4.78, 5) is 23.1. The number of benzene rings is 1. The number of aliphatic carboxylic acids is 1. The number of hydrogen-bond donors (Lipinski definition) is 2. The first-order chi connectivity index (χ1) is 9.03. The van der Waals surface area contributed by atoms with Gasteiger partial charge in [-0.1, -0.05) is 30.7 Å². The van der Waals surface area contributed by atoms with E-state index >= 15 is 0 Å². The summed E-state index contributed by atoms with van der Waals surface area (Å²) >= 11 is 0. The van der Waals surface area contributed by atoms with Crippen LogP contribution in [0.5, 0.6) is 0 Å². The van der Waals surface area contributed by atoms with Crippen LogP contribution in [0.3, 0.4) is 0 Å². The summed E-state index contributed by atoms with van der Waals surface area (Å²) in [5.74, 6) is -1.02. The van der Waals surface area contributed by atoms with Crippen LogP contribution in [0.2, 0.25) is 0 Å². The van der Waals surface area contributed by atoms with E-state index in [1.807, 2.05) is 31.2 Å². The van der Waals surface area contributed by atoms with Crippen LogP contribution in [-0.4, -0.2) is 17.0 Å². The summed E-state index contributed by atoms with van der Waals surface area (Å²) in [5.41, 5.74) is 1.38. The number of amides is 1. The molecule has 0 atom stereocenters. The molecule has 0 spiro atoms. The van der Waals surface area contributed by atoms with Gasteiger partial charge in [0.15, 0.2) is 0 Å². The van der Waals surface area contributed by atoms with Gasteiger partial charge in [0.05, 0.1) is 5.41 Å². The largest absolute Gasteiger partial charge is 0.481 e. The Kier molecular flexibility index (Phi) is 3.88. The Balaban J connectivity index is 1.89. The molecule has 0 unspecified atom stereocenters. The van der Waals surface area contributed by atoms with Gasteiger partial charge < -0.3 is 10.4 Å². The molecule has 1 saturated carbocycles. The predicted octanol–water partition coefficient (Wildman–Crippen LogP) is 2.26. The number of hydrogen-bond acceptors (Lipinski definition) is 2. The van der Waals surface area contributed by atoms with E-state index in [1.165, 1.54) is 0 Å². The van der Waals surface area contributed by atoms with Crippen LogP contribution in [-0.2, 0) is 16.1 Å². The van der Waals surface area contributed by atoms with Crippen molar-refractivity contribution in [3.8, 4) is 0 Å². The average Bonchev–Trinajstić information content (AvgIpc) is 2.32. The number of carboxylic acids is 1. The second-order valence-electron chi connectivity index (χ2n) is 5.32. The first-order valence-corrected chi connectivity index (χ1v) is 6.58. The highest BCUT2D eigenvalue weighted by atomic mass is 16.4. The van der Waals surface area contributed by atoms with Crippen LogP contribution in [0.1, 0.15) is 36.8 Å². The summed E-state index contributed by atoms with van der Waals surface area (Å²) in [6, 6.07) is 7.84. The van der Waals surface area contributed by atoms with E-state index in [0.29, 0.717) is 19.4 Å². The van der Waals surface area contributed by atoms with Gasteiger partial charge in [-0.2, -0.15) is 0 Å². The molecule has 1 aliphatic rings. The minimum absolute atomic E-state index is 0.0915. The molecule has 19 heavy (non-hydrogen) atoms. The molecular formula is C15H19NO3. The molecule has 1 aliphatic carbocycles. The maximum Gasteiger partial charge on any atom is 0.310 e. The van der Waals surface area contributed by atoms with Crippen LogP contribution in [0.4, 0.5) is 0 Å². The van der Waals surface area contributed by atoms with E-state index in [4.69, 9.17) is 0 Å². The van der Waals surface area contributed by atoms with Gasteiger partial charge in [-0.3, -0.25) is 9.59 Å². The standard InChI is InChI=1S/C15H19NO3/c1-11-5-2-3-6-12(11)10-16-13(17)9-15(14(18)19)7-4-8-15/h2-3,5-6H,4,7-10H2,1H3,(H,16,17)(H,18,19). The van der Waals surface area contributed by atoms with E-state index in [9.17, 15) is 14.7 Å². The Morgan fingerprint density at radius 2 is 2.00 bits per heavy atom. The molecule has 4 heteroatoms. The van der Waals surface area contributed by atoms with E-state index in [0.717, 1.165) is 17.5 Å². The second-order valence-corrected chi connectivity index (χ2v) is 5.32. The van der Waals surface area contributed by atoms with Crippen LogP contribution in [0.25, 0.3) is 0 Å². The predicted molar refractivity (Wildman–Crippen MR) is 71.6 cm³/mol. The van der Waals surface area contributed by atoms with Gasteiger partial charge in [-0.05, 0) is 30.9 Å². The minimum Gasteiger partial charge on any atom is -0.481 e. The Labute approximate surface area is 112 Å². The summed E-state index contributed by atoms with van der Waals surface area (Å²) in [6.45, 7) is 2.45. The monoisotopic (exact) mass is 261 g/mol. The quantitative estimate of drug-likeness (QED) is 0.854. The number of rotatable bonds is 5. The third-order valence-electron chi connectivity index (χ3n) is 4.00. The third-order valence-corrected chi connectivity index (χ3v) is 4.00. The van der Waals surface area contributed by atoms with Gasteiger partial charge in [0.25, 0.3) is 0 Å². The fourth-order valence-corrected chi connectivity index (χ4v) is 2.44. The zero-order valence-corrected chi connectivity index (χ0v) is 11.1. The third kappa shape index (κ3) is 2.95. The zero-order valence-electron chi connectivity index (χ0n) is 11.1. The van der Waals surface area contributed by atoms with Crippen LogP contribution in [0.15, 0.2) is 24.3 Å². The van der Waals surface area contributed by atoms with E-state index in [-0.39, 0.29) is 12.3 Å². The Bertz CT molecular complexity index is 492. The lowest BCUT2D eigenvalue weighted by molar-refractivity contribution is -0.157. The molecule has 1 amide bonds. The number of nitrogens with one attached hydrogen (secondary N) is 1. The number of aryl methyl sites for hydroxylation is 1. The topological polar surface area (TPSA) is 66.4 Å². The van der Waals surface area contributed by atoms with Crippen LogP contribution in [0, 0.1) is 12.3 Å². The highest BCUT2D eigenvalue weighted by molar-refractivity contribution is 5.85. The van der Waals surface area contributed by atoms with E-state index in [1.54, 1.807) is 0 Å². The molecule has 0 saturated heterocycles. The van der Waals surface area contributed by atoms with Gasteiger partial charge >= 0.3 is 5.97 Å². The van der Waals surface area contributed by atoms with Crippen molar-refractivity contribution in [3.05, 3.63) is 35.4 Å². The van der Waals surface area contributed by atoms with Gasteiger partial charge in [0.1, 0.15) is 0 Å². The fourth-order valence-electron chi connectivity index (χ4n) is 2.44. The van der Waals surface area contributed by atoms with Crippen molar-refractivity contribution in [2.75, 3.05) is 0 Å². The lowest BCUT2D eigenvalue weighted by Crippen LogP contribution is -2.42. The van der Waals surface area contributed by atoms with Gasteiger partial charge in [0, 0.05) is 13.0 Å². The summed E-state index contributed by atoms with van der Waals surface area (Å²) < 4.78 is 0. The van der Waals surface area contributed by atoms with Gasteiger partial charge in [0.2, 0.25) is 5.91 Å². The highest BCUT2D eigenvalue weighted by Crippen LogP contribution is 2.44. The van der Waals surface area contributed by atoms with Crippen molar-refractivity contribution in [2.24, 2.45) is 5.41 Å². The first-order valence-electron chi connectivity index (χ1n) is 6.58. The van der Waals surface area contributed by atoms with Crippen molar-refractivity contribution in [2.45, 2.75) is 39.2 Å². The van der Waals surface area contributed by atoms with E-state index < -0.39 is 11.4 Å². The molecule has 0 radical (unpaired) electrons. The van der Waals surface area contributed by atoms with Crippen molar-refractivity contribution in [3.63, 3.8) is 0 Å². The van der Waals surface area contributed by atoms with E-state index in [2.05, 4.69) is 5.32 Å². The SMILES string of the molecule is Cc1ccccc1CNC(=O)CC1(C(=O)O)CCC1. The number of carbonyl (C=O) groups excluding carboxylic acids is 1. The molecule has 2 rings (SSSR count). The average molecular weight is 261 g/mol. The second kappa shape index (κ2) is 5.43. The molecule has 2 N–H and O–H groups in total. The van der Waals surface area contributed by atoms with Gasteiger partial charge in [-0.15, -0.1) is 0 Å². The molecular weight excluding hydrogens is 242 g/mol. The van der Waals surface area contributed by atoms with Gasteiger partial charge in [-0.25, -0.2) is 0 Å². The molecule has 0 aromatic heterocycles. The Morgan fingerprint density at radius 1 is 1.32 bits per heavy atom. The smallest absolute Gasteiger partial charge is 0.310 e. The fraction of sp³-hybridized carbons (Fsp3) is 0.467. The molecule has 1 aromatic rings. The lowest BCUT2D eigenvalue weighted by Gasteiger charge is -2.36. The lowest BCUT2D eigenvalue weighted by atomic mass is 9.66. The molecule has 102 valence electrons. The van der Waals surface area contributed by atoms with Crippen LogP contribution >= 0.6 is 0 Å². The summed E-state index contributed by atoms with van der Waals surface area (Å²) in [5, 5.41) is 12.0. The van der Waals surface area contributed by atoms with Crippen molar-refractivity contribution in [1.29, 1.82) is 0 Å². The van der Waals surface area contributed by atoms with Crippen molar-refractivity contribution in [1.82, 2.24) is 5.32 Å². The maximum absolute atomic E-state index is 11.9. The zero-order chi connectivity index (χ0) is 13.9. The van der Waals surface area contributed by atoms with Crippen molar-refractivity contribution < 1.29 is 14.7 Å². The molecule has 0 heterocycles. The molecule has 0 aliphatic heterocycles. The first kappa shape index (κ1) is 13.6. The summed E-state index contributed by atoms with van der Waals surface area (Å²) in [7, 11) is 0. The molecule has 1 fully saturated rings. The highest BCUT2D eigenvalue weighted by Gasteiger charge is 2.45. The van der Waals surface area contributed by atoms with Crippen LogP contribution < -0.4 is 5.32 Å². The number of carboxylic acid groups (broad SMARTS) is 1. The normalized spacial score (nSPS) is 16.5. The molecule has 1 aromatic carbocycles. The Hall–Kier alpha value is -1.84. The minimum atomic E-state index is -0.843. The molecule has 4 nitrogen and oxygen atoms in total. The Morgan fingerprint density at radius 3 is 2.53 bits per heavy atom. The molecule has 0 bridgehead atoms. The van der Waals surface area contributed by atoms with Crippen molar-refractivity contribution >= 4 is 11.9 Å². The number of carbonyl (C=O) groups is 2. The summed E-state index contributed by atoms with van der Waals surface area (Å²) in [6.07, 6.45) is 2.21. The maximum atomic E-state index is 11.9.